The molecule has 10 heavy (non-hydrogen) atoms. The van der Waals surface area contributed by atoms with Crippen LogP contribution in [0.4, 0.5) is 0 Å². The van der Waals surface area contributed by atoms with Gasteiger partial charge in [-0.3, -0.25) is 0 Å². The van der Waals surface area contributed by atoms with Crippen LogP contribution in [0.2, 0.25) is 0 Å². The number of hydrogen-bond acceptors (Lipinski definition) is 2. The Hall–Kier alpha value is -0.0800. The van der Waals surface area contributed by atoms with E-state index in [9.17, 15) is 0 Å². The molecule has 2 aliphatic heterocycles. The van der Waals surface area contributed by atoms with Crippen LogP contribution in [0.25, 0.3) is 0 Å². The van der Waals surface area contributed by atoms with Crippen LogP contribution in [0.1, 0.15) is 13.8 Å². The molecule has 0 aromatic heterocycles. The van der Waals surface area contributed by atoms with Crippen LogP contribution in [-0.4, -0.2) is 26.2 Å². The van der Waals surface area contributed by atoms with Crippen molar-refractivity contribution in [1.29, 1.82) is 0 Å². The molecule has 0 aliphatic carbocycles. The predicted molar refractivity (Wildman–Crippen MR) is 42.0 cm³/mol. The van der Waals surface area contributed by atoms with Gasteiger partial charge in [0, 0.05) is 37.0 Å². The molecule has 0 radical (unpaired) electrons. The van der Waals surface area contributed by atoms with E-state index in [1.54, 1.807) is 0 Å². The fraction of sp³-hybridized carbons (Fsp3) is 1.00. The van der Waals surface area contributed by atoms with E-state index in [0.29, 0.717) is 10.8 Å². The van der Waals surface area contributed by atoms with E-state index in [4.69, 9.17) is 0 Å². The van der Waals surface area contributed by atoms with Gasteiger partial charge in [-0.1, -0.05) is 13.8 Å². The summed E-state index contributed by atoms with van der Waals surface area (Å²) >= 11 is 0. The molecular weight excluding hydrogens is 124 g/mol. The first kappa shape index (κ1) is 6.62. The van der Waals surface area contributed by atoms with Crippen LogP contribution < -0.4 is 10.6 Å². The van der Waals surface area contributed by atoms with E-state index >= 15 is 0 Å². The summed E-state index contributed by atoms with van der Waals surface area (Å²) in [4.78, 5) is 0. The Morgan fingerprint density at radius 1 is 0.800 bits per heavy atom. The fourth-order valence-electron chi connectivity index (χ4n) is 2.21. The molecule has 0 amide bonds. The third-order valence-electron chi connectivity index (χ3n) is 3.52. The first-order valence-electron chi connectivity index (χ1n) is 4.08. The molecule has 2 fully saturated rings. The monoisotopic (exact) mass is 140 g/mol. The third-order valence-corrected chi connectivity index (χ3v) is 3.52. The molecule has 0 saturated carbocycles. The highest BCUT2D eigenvalue weighted by Gasteiger charge is 2.51. The zero-order chi connectivity index (χ0) is 7.24. The molecular formula is C8H16N2. The Balaban J connectivity index is 2.30. The molecule has 2 heterocycles. The van der Waals surface area contributed by atoms with E-state index in [-0.39, 0.29) is 0 Å². The molecule has 0 atom stereocenters. The Morgan fingerprint density at radius 2 is 1.10 bits per heavy atom. The van der Waals surface area contributed by atoms with Crippen LogP contribution in [0.15, 0.2) is 0 Å². The maximum absolute atomic E-state index is 3.47. The molecule has 2 saturated heterocycles. The van der Waals surface area contributed by atoms with Gasteiger partial charge >= 0.3 is 0 Å². The van der Waals surface area contributed by atoms with Crippen LogP contribution in [0, 0.1) is 10.8 Å². The largest absolute Gasteiger partial charge is 0.316 e. The van der Waals surface area contributed by atoms with Gasteiger partial charge in [-0.05, 0) is 0 Å². The average molecular weight is 140 g/mol. The van der Waals surface area contributed by atoms with Crippen molar-refractivity contribution in [2.45, 2.75) is 13.8 Å². The lowest BCUT2D eigenvalue weighted by molar-refractivity contribution is 0.212. The van der Waals surface area contributed by atoms with Crippen LogP contribution in [0.3, 0.4) is 0 Å². The second-order valence-electron chi connectivity index (χ2n) is 4.33. The molecule has 2 aliphatic rings. The van der Waals surface area contributed by atoms with E-state index < -0.39 is 0 Å². The third kappa shape index (κ3) is 0.611. The zero-order valence-electron chi connectivity index (χ0n) is 6.83. The Bertz CT molecular complexity index is 127. The van der Waals surface area contributed by atoms with Gasteiger partial charge in [-0.2, -0.15) is 0 Å². The molecule has 2 rings (SSSR count). The minimum absolute atomic E-state index is 0.521. The van der Waals surface area contributed by atoms with Crippen LogP contribution in [-0.2, 0) is 0 Å². The summed E-state index contributed by atoms with van der Waals surface area (Å²) in [6, 6.07) is 0. The lowest BCUT2D eigenvalue weighted by atomic mass is 9.71. The highest BCUT2D eigenvalue weighted by molar-refractivity contribution is 5.07. The van der Waals surface area contributed by atoms with Crippen LogP contribution in [0.5, 0.6) is 0 Å². The molecule has 58 valence electrons. The van der Waals surface area contributed by atoms with Crippen molar-refractivity contribution in [2.75, 3.05) is 26.2 Å². The van der Waals surface area contributed by atoms with Gasteiger partial charge < -0.3 is 10.6 Å². The minimum atomic E-state index is 0.521. The summed E-state index contributed by atoms with van der Waals surface area (Å²) in [5, 5.41) is 6.93. The Labute approximate surface area is 62.4 Å². The van der Waals surface area contributed by atoms with Gasteiger partial charge in [0.05, 0.1) is 0 Å². The zero-order valence-corrected chi connectivity index (χ0v) is 6.83. The maximum Gasteiger partial charge on any atom is 0.00238 e. The summed E-state index contributed by atoms with van der Waals surface area (Å²) in [5.74, 6) is 0. The maximum atomic E-state index is 3.47. The van der Waals surface area contributed by atoms with E-state index in [0.717, 1.165) is 0 Å². The summed E-state index contributed by atoms with van der Waals surface area (Å²) in [5.41, 5.74) is 1.04. The lowest BCUT2D eigenvalue weighted by Crippen LogP contribution is -2.34. The molecule has 2 nitrogen and oxygen atoms in total. The topological polar surface area (TPSA) is 24.1 Å². The van der Waals surface area contributed by atoms with Gasteiger partial charge in [0.15, 0.2) is 0 Å². The normalized spacial score (nSPS) is 53.4. The van der Waals surface area contributed by atoms with Gasteiger partial charge in [0.2, 0.25) is 0 Å². The molecule has 0 bridgehead atoms. The quantitative estimate of drug-likeness (QED) is 0.502. The van der Waals surface area contributed by atoms with Crippen molar-refractivity contribution in [2.24, 2.45) is 10.8 Å². The highest BCUT2D eigenvalue weighted by Crippen LogP contribution is 2.44. The standard InChI is InChI=1S/C8H16N2/c1-7-3-9-5-8(7,2)6-10-4-7/h9-10H,3-6H2,1-2H3. The fourth-order valence-corrected chi connectivity index (χ4v) is 2.21. The minimum Gasteiger partial charge on any atom is -0.316 e. The Morgan fingerprint density at radius 3 is 1.40 bits per heavy atom. The summed E-state index contributed by atoms with van der Waals surface area (Å²) in [6.45, 7) is 9.53. The summed E-state index contributed by atoms with van der Waals surface area (Å²) in [6.07, 6.45) is 0. The number of fused-ring (bicyclic) bond motifs is 1. The second-order valence-corrected chi connectivity index (χ2v) is 4.33. The smallest absolute Gasteiger partial charge is 0.00238 e. The van der Waals surface area contributed by atoms with Gasteiger partial charge in [-0.15, -0.1) is 0 Å². The number of nitrogens with one attached hydrogen (secondary N) is 2. The number of hydrogen-bond donors (Lipinski definition) is 2. The van der Waals surface area contributed by atoms with Crippen molar-refractivity contribution in [3.05, 3.63) is 0 Å². The molecule has 2 N–H and O–H groups in total. The average Bonchev–Trinajstić information content (AvgIpc) is 2.20. The summed E-state index contributed by atoms with van der Waals surface area (Å²) < 4.78 is 0. The van der Waals surface area contributed by atoms with Crippen molar-refractivity contribution < 1.29 is 0 Å². The molecule has 0 spiro atoms. The summed E-state index contributed by atoms with van der Waals surface area (Å²) in [7, 11) is 0. The van der Waals surface area contributed by atoms with E-state index in [1.807, 2.05) is 0 Å². The molecule has 0 aromatic rings. The van der Waals surface area contributed by atoms with Gasteiger partial charge in [0.1, 0.15) is 0 Å². The van der Waals surface area contributed by atoms with Gasteiger partial charge in [-0.25, -0.2) is 0 Å². The Kier molecular flexibility index (Phi) is 1.15. The lowest BCUT2D eigenvalue weighted by Gasteiger charge is -2.31. The van der Waals surface area contributed by atoms with E-state index in [1.165, 1.54) is 26.2 Å². The van der Waals surface area contributed by atoms with Crippen LogP contribution >= 0.6 is 0 Å². The first-order chi connectivity index (χ1) is 4.66. The molecule has 2 heteroatoms. The predicted octanol–water partition coefficient (Wildman–Crippen LogP) is 0.205. The molecule has 0 aromatic carbocycles. The number of rotatable bonds is 0. The second kappa shape index (κ2) is 1.74. The van der Waals surface area contributed by atoms with Crippen molar-refractivity contribution in [1.82, 2.24) is 10.6 Å². The highest BCUT2D eigenvalue weighted by atomic mass is 15.1. The van der Waals surface area contributed by atoms with E-state index in [2.05, 4.69) is 24.5 Å². The molecule has 0 unspecified atom stereocenters. The SMILES string of the molecule is CC12CNCC1(C)CNC2. The first-order valence-corrected chi connectivity index (χ1v) is 4.08. The van der Waals surface area contributed by atoms with Crippen molar-refractivity contribution in [3.8, 4) is 0 Å². The van der Waals surface area contributed by atoms with Crippen molar-refractivity contribution >= 4 is 0 Å². The van der Waals surface area contributed by atoms with Crippen molar-refractivity contribution in [3.63, 3.8) is 0 Å². The van der Waals surface area contributed by atoms with Gasteiger partial charge in [0.25, 0.3) is 0 Å².